The Bertz CT molecular complexity index is 769. The molecule has 0 radical (unpaired) electrons. The van der Waals surface area contributed by atoms with Crippen molar-refractivity contribution in [2.45, 2.75) is 37.8 Å². The van der Waals surface area contributed by atoms with Gasteiger partial charge in [0.05, 0.1) is 18.4 Å². The van der Waals surface area contributed by atoms with Crippen LogP contribution in [0, 0.1) is 5.92 Å². The maximum Gasteiger partial charge on any atom is 0.419 e. The third-order valence-electron chi connectivity index (χ3n) is 5.64. The number of rotatable bonds is 5. The summed E-state index contributed by atoms with van der Waals surface area (Å²) in [4.78, 5) is 0. The van der Waals surface area contributed by atoms with Gasteiger partial charge < -0.3 is 10.1 Å². The largest absolute Gasteiger partial charge is 0.493 e. The molecule has 2 aliphatic rings. The van der Waals surface area contributed by atoms with Gasteiger partial charge in [0, 0.05) is 13.1 Å². The van der Waals surface area contributed by atoms with E-state index in [1.807, 2.05) is 0 Å². The van der Waals surface area contributed by atoms with Crippen LogP contribution in [-0.4, -0.2) is 51.8 Å². The Hall–Kier alpha value is -1.32. The summed E-state index contributed by atoms with van der Waals surface area (Å²) >= 11 is 0. The van der Waals surface area contributed by atoms with E-state index in [0.717, 1.165) is 32.2 Å². The SMILES string of the molecule is CS(=O)(=O)N1CCC(c2ccc(OCC3CCNCC3)c(C(F)(F)F)c2)CC1. The molecule has 1 aromatic rings. The highest BCUT2D eigenvalue weighted by molar-refractivity contribution is 7.88. The molecule has 2 aliphatic heterocycles. The van der Waals surface area contributed by atoms with Crippen molar-refractivity contribution in [3.63, 3.8) is 0 Å². The summed E-state index contributed by atoms with van der Waals surface area (Å²) in [5.74, 6) is 0.0586. The number of hydrogen-bond acceptors (Lipinski definition) is 4. The Balaban J connectivity index is 1.72. The third kappa shape index (κ3) is 5.39. The number of alkyl halides is 3. The van der Waals surface area contributed by atoms with E-state index in [0.29, 0.717) is 31.5 Å². The van der Waals surface area contributed by atoms with Crippen LogP contribution in [0.4, 0.5) is 13.2 Å². The zero-order valence-electron chi connectivity index (χ0n) is 16.0. The average Bonchev–Trinajstić information content (AvgIpc) is 2.66. The van der Waals surface area contributed by atoms with Gasteiger partial charge in [0.2, 0.25) is 10.0 Å². The number of piperidine rings is 2. The summed E-state index contributed by atoms with van der Waals surface area (Å²) in [6.45, 7) is 2.69. The fourth-order valence-electron chi connectivity index (χ4n) is 3.93. The molecule has 2 saturated heterocycles. The van der Waals surface area contributed by atoms with Crippen molar-refractivity contribution < 1.29 is 26.3 Å². The van der Waals surface area contributed by atoms with Crippen molar-refractivity contribution >= 4 is 10.0 Å². The van der Waals surface area contributed by atoms with Gasteiger partial charge in [-0.2, -0.15) is 13.2 Å². The molecule has 0 saturated carbocycles. The van der Waals surface area contributed by atoms with Crippen LogP contribution in [0.3, 0.4) is 0 Å². The second-order valence-corrected chi connectivity index (χ2v) is 9.68. The highest BCUT2D eigenvalue weighted by Crippen LogP contribution is 2.40. The molecule has 0 spiro atoms. The van der Waals surface area contributed by atoms with Gasteiger partial charge in [-0.1, -0.05) is 6.07 Å². The van der Waals surface area contributed by atoms with Gasteiger partial charge in [-0.3, -0.25) is 0 Å². The van der Waals surface area contributed by atoms with Crippen LogP contribution >= 0.6 is 0 Å². The number of ether oxygens (including phenoxy) is 1. The van der Waals surface area contributed by atoms with Gasteiger partial charge in [-0.15, -0.1) is 0 Å². The molecule has 1 N–H and O–H groups in total. The van der Waals surface area contributed by atoms with E-state index in [-0.39, 0.29) is 24.2 Å². The van der Waals surface area contributed by atoms with Crippen LogP contribution in [0.1, 0.15) is 42.7 Å². The van der Waals surface area contributed by atoms with E-state index >= 15 is 0 Å². The first-order valence-electron chi connectivity index (χ1n) is 9.64. The Morgan fingerprint density at radius 3 is 2.36 bits per heavy atom. The number of nitrogens with zero attached hydrogens (tertiary/aromatic N) is 1. The molecule has 9 heteroatoms. The molecule has 2 fully saturated rings. The fourth-order valence-corrected chi connectivity index (χ4v) is 4.80. The normalized spacial score (nSPS) is 21.0. The molecule has 0 aliphatic carbocycles. The van der Waals surface area contributed by atoms with Gasteiger partial charge in [0.25, 0.3) is 0 Å². The highest BCUT2D eigenvalue weighted by atomic mass is 32.2. The standard InChI is InChI=1S/C19H27F3N2O3S/c1-28(25,26)24-10-6-15(7-11-24)16-2-3-18(17(12-16)19(20,21)22)27-13-14-4-8-23-9-5-14/h2-3,12,14-15,23H,4-11,13H2,1H3. The summed E-state index contributed by atoms with van der Waals surface area (Å²) in [6, 6.07) is 4.29. The van der Waals surface area contributed by atoms with Crippen molar-refractivity contribution in [1.82, 2.24) is 9.62 Å². The minimum atomic E-state index is -4.49. The van der Waals surface area contributed by atoms with E-state index in [2.05, 4.69) is 5.32 Å². The molecule has 3 rings (SSSR count). The molecule has 28 heavy (non-hydrogen) atoms. The molecular formula is C19H27F3N2O3S. The molecule has 0 atom stereocenters. The molecule has 0 unspecified atom stereocenters. The summed E-state index contributed by atoms with van der Waals surface area (Å²) in [7, 11) is -3.26. The third-order valence-corrected chi connectivity index (χ3v) is 6.94. The number of nitrogens with one attached hydrogen (secondary N) is 1. The van der Waals surface area contributed by atoms with Gasteiger partial charge in [0.15, 0.2) is 0 Å². The number of hydrogen-bond donors (Lipinski definition) is 1. The number of halogens is 3. The quantitative estimate of drug-likeness (QED) is 0.795. The lowest BCUT2D eigenvalue weighted by Gasteiger charge is -2.31. The second kappa shape index (κ2) is 8.59. The van der Waals surface area contributed by atoms with Crippen molar-refractivity contribution in [1.29, 1.82) is 0 Å². The Labute approximate surface area is 164 Å². The molecule has 1 aromatic carbocycles. The molecular weight excluding hydrogens is 393 g/mol. The molecule has 2 heterocycles. The first-order valence-corrected chi connectivity index (χ1v) is 11.5. The van der Waals surface area contributed by atoms with Crippen LogP contribution in [-0.2, 0) is 16.2 Å². The maximum atomic E-state index is 13.6. The lowest BCUT2D eigenvalue weighted by Crippen LogP contribution is -2.37. The predicted octanol–water partition coefficient (Wildman–Crippen LogP) is 3.22. The van der Waals surface area contributed by atoms with Gasteiger partial charge in [-0.25, -0.2) is 12.7 Å². The van der Waals surface area contributed by atoms with E-state index in [1.54, 1.807) is 6.07 Å². The monoisotopic (exact) mass is 420 g/mol. The molecule has 5 nitrogen and oxygen atoms in total. The number of sulfonamides is 1. The van der Waals surface area contributed by atoms with Crippen LogP contribution < -0.4 is 10.1 Å². The van der Waals surface area contributed by atoms with Gasteiger partial charge in [-0.05, 0) is 68.3 Å². The zero-order valence-corrected chi connectivity index (χ0v) is 16.8. The lowest BCUT2D eigenvalue weighted by atomic mass is 9.89. The van der Waals surface area contributed by atoms with E-state index in [4.69, 9.17) is 4.74 Å². The molecule has 0 amide bonds. The van der Waals surface area contributed by atoms with Crippen molar-refractivity contribution in [2.75, 3.05) is 39.0 Å². The number of benzene rings is 1. The fraction of sp³-hybridized carbons (Fsp3) is 0.684. The predicted molar refractivity (Wildman–Crippen MR) is 101 cm³/mol. The lowest BCUT2D eigenvalue weighted by molar-refractivity contribution is -0.139. The minimum absolute atomic E-state index is 0.0856. The Morgan fingerprint density at radius 2 is 1.79 bits per heavy atom. The van der Waals surface area contributed by atoms with Crippen molar-refractivity contribution in [3.05, 3.63) is 29.3 Å². The first-order chi connectivity index (χ1) is 13.1. The summed E-state index contributed by atoms with van der Waals surface area (Å²) in [6.07, 6.45) is -0.507. The van der Waals surface area contributed by atoms with E-state index in [1.165, 1.54) is 16.4 Å². The zero-order chi connectivity index (χ0) is 20.4. The minimum Gasteiger partial charge on any atom is -0.493 e. The topological polar surface area (TPSA) is 58.6 Å². The van der Waals surface area contributed by atoms with E-state index < -0.39 is 21.8 Å². The van der Waals surface area contributed by atoms with Crippen LogP contribution in [0.2, 0.25) is 0 Å². The summed E-state index contributed by atoms with van der Waals surface area (Å²) in [5, 5.41) is 3.23. The van der Waals surface area contributed by atoms with Crippen molar-refractivity contribution in [3.8, 4) is 5.75 Å². The van der Waals surface area contributed by atoms with Crippen molar-refractivity contribution in [2.24, 2.45) is 5.92 Å². The summed E-state index contributed by atoms with van der Waals surface area (Å²) < 4.78 is 71.0. The molecule has 0 bridgehead atoms. The maximum absolute atomic E-state index is 13.6. The second-order valence-electron chi connectivity index (χ2n) is 7.69. The first kappa shape index (κ1) is 21.4. The smallest absolute Gasteiger partial charge is 0.419 e. The van der Waals surface area contributed by atoms with E-state index in [9.17, 15) is 21.6 Å². The Kier molecular flexibility index (Phi) is 6.56. The highest BCUT2D eigenvalue weighted by Gasteiger charge is 2.36. The van der Waals surface area contributed by atoms with Crippen LogP contribution in [0.25, 0.3) is 0 Å². The van der Waals surface area contributed by atoms with Crippen LogP contribution in [0.5, 0.6) is 5.75 Å². The molecule has 158 valence electrons. The van der Waals surface area contributed by atoms with Gasteiger partial charge in [0.1, 0.15) is 5.75 Å². The molecule has 0 aromatic heterocycles. The van der Waals surface area contributed by atoms with Crippen LogP contribution in [0.15, 0.2) is 18.2 Å². The van der Waals surface area contributed by atoms with Gasteiger partial charge >= 0.3 is 6.18 Å². The Morgan fingerprint density at radius 1 is 1.14 bits per heavy atom. The summed E-state index contributed by atoms with van der Waals surface area (Å²) in [5.41, 5.74) is -0.154. The average molecular weight is 420 g/mol.